The van der Waals surface area contributed by atoms with Gasteiger partial charge in [0.2, 0.25) is 0 Å². The Balaban J connectivity index is 1.57. The number of ether oxygens (including phenoxy) is 2. The van der Waals surface area contributed by atoms with Crippen molar-refractivity contribution < 1.29 is 19.4 Å². The Labute approximate surface area is 142 Å². The highest BCUT2D eigenvalue weighted by atomic mass is 16.6. The fraction of sp³-hybridized carbons (Fsp3) is 0.350. The van der Waals surface area contributed by atoms with Crippen LogP contribution in [0.4, 0.5) is 0 Å². The van der Waals surface area contributed by atoms with E-state index in [4.69, 9.17) is 9.47 Å². The van der Waals surface area contributed by atoms with Gasteiger partial charge in [-0.25, -0.2) is 0 Å². The molecule has 0 aliphatic heterocycles. The molecule has 24 heavy (non-hydrogen) atoms. The van der Waals surface area contributed by atoms with Gasteiger partial charge in [-0.15, -0.1) is 0 Å². The van der Waals surface area contributed by atoms with E-state index >= 15 is 0 Å². The summed E-state index contributed by atoms with van der Waals surface area (Å²) in [6.07, 6.45) is 0.939. The summed E-state index contributed by atoms with van der Waals surface area (Å²) >= 11 is 0. The third-order valence-electron chi connectivity index (χ3n) is 4.59. The Kier molecular flexibility index (Phi) is 5.28. The minimum atomic E-state index is -1.14. The second kappa shape index (κ2) is 7.60. The van der Waals surface area contributed by atoms with Crippen LogP contribution in [0.2, 0.25) is 0 Å². The molecule has 1 saturated carbocycles. The lowest BCUT2D eigenvalue weighted by Crippen LogP contribution is -2.49. The summed E-state index contributed by atoms with van der Waals surface area (Å²) in [6, 6.07) is 19.1. The normalized spacial score (nSPS) is 16.9. The molecule has 0 radical (unpaired) electrons. The van der Waals surface area contributed by atoms with Gasteiger partial charge in [0, 0.05) is 0 Å². The third-order valence-corrected chi connectivity index (χ3v) is 4.59. The molecule has 3 rings (SSSR count). The summed E-state index contributed by atoms with van der Waals surface area (Å²) in [5, 5.41) is 10.4. The lowest BCUT2D eigenvalue weighted by atomic mass is 9.68. The Morgan fingerprint density at radius 1 is 0.958 bits per heavy atom. The number of esters is 1. The minimum absolute atomic E-state index is 0.215. The molecule has 1 aliphatic carbocycles. The van der Waals surface area contributed by atoms with E-state index in [1.165, 1.54) is 0 Å². The maximum Gasteiger partial charge on any atom is 0.317 e. The van der Waals surface area contributed by atoms with Crippen molar-refractivity contribution in [3.8, 4) is 0 Å². The van der Waals surface area contributed by atoms with Crippen molar-refractivity contribution in [2.24, 2.45) is 5.41 Å². The number of aliphatic hydroxyl groups is 1. The van der Waals surface area contributed by atoms with Crippen molar-refractivity contribution in [1.82, 2.24) is 0 Å². The number of rotatable bonds is 7. The second-order valence-corrected chi connectivity index (χ2v) is 6.22. The summed E-state index contributed by atoms with van der Waals surface area (Å²) in [5.74, 6) is -0.377. The number of carbonyl (C=O) groups excluding carboxylic acids is 1. The highest BCUT2D eigenvalue weighted by Crippen LogP contribution is 2.45. The van der Waals surface area contributed by atoms with Crippen molar-refractivity contribution in [3.63, 3.8) is 0 Å². The molecule has 1 unspecified atom stereocenters. The van der Waals surface area contributed by atoms with Gasteiger partial charge < -0.3 is 14.6 Å². The molecule has 0 amide bonds. The van der Waals surface area contributed by atoms with Crippen LogP contribution in [0.25, 0.3) is 0 Å². The van der Waals surface area contributed by atoms with Crippen LogP contribution < -0.4 is 0 Å². The van der Waals surface area contributed by atoms with Gasteiger partial charge >= 0.3 is 5.97 Å². The first-order chi connectivity index (χ1) is 11.7. The van der Waals surface area contributed by atoms with E-state index in [-0.39, 0.29) is 19.2 Å². The molecule has 0 aromatic heterocycles. The van der Waals surface area contributed by atoms with Gasteiger partial charge in [-0.05, 0) is 24.0 Å². The largest absolute Gasteiger partial charge is 0.460 e. The maximum atomic E-state index is 12.5. The van der Waals surface area contributed by atoms with Crippen LogP contribution in [-0.2, 0) is 27.5 Å². The molecule has 2 aromatic rings. The average Bonchev–Trinajstić information content (AvgIpc) is 2.59. The zero-order chi connectivity index (χ0) is 16.8. The molecule has 126 valence electrons. The second-order valence-electron chi connectivity index (χ2n) is 6.22. The Bertz CT molecular complexity index is 650. The first-order valence-corrected chi connectivity index (χ1v) is 8.25. The Morgan fingerprint density at radius 3 is 2.00 bits per heavy atom. The van der Waals surface area contributed by atoms with Crippen LogP contribution >= 0.6 is 0 Å². The molecule has 2 aromatic carbocycles. The predicted octanol–water partition coefficient (Wildman–Crippen LogP) is 3.44. The van der Waals surface area contributed by atoms with Crippen molar-refractivity contribution in [1.29, 1.82) is 0 Å². The zero-order valence-corrected chi connectivity index (χ0v) is 13.6. The molecule has 0 heterocycles. The standard InChI is InChI=1S/C20H22O4/c21-18(23-14-16-8-3-1-4-9-16)20(12-7-13-20)19(22)24-15-17-10-5-2-6-11-17/h1-6,8-11,18,21H,7,12-15H2. The number of hydrogen-bond acceptors (Lipinski definition) is 4. The van der Waals surface area contributed by atoms with E-state index < -0.39 is 11.7 Å². The molecule has 1 fully saturated rings. The van der Waals surface area contributed by atoms with E-state index in [9.17, 15) is 9.90 Å². The molecule has 4 nitrogen and oxygen atoms in total. The fourth-order valence-corrected chi connectivity index (χ4v) is 2.89. The first-order valence-electron chi connectivity index (χ1n) is 8.25. The summed E-state index contributed by atoms with van der Waals surface area (Å²) in [5.41, 5.74) is 0.965. The highest BCUT2D eigenvalue weighted by Gasteiger charge is 2.52. The summed E-state index contributed by atoms with van der Waals surface area (Å²) < 4.78 is 11.0. The van der Waals surface area contributed by atoms with Crippen LogP contribution in [0.5, 0.6) is 0 Å². The van der Waals surface area contributed by atoms with Crippen molar-refractivity contribution >= 4 is 5.97 Å². The summed E-state index contributed by atoms with van der Waals surface area (Å²) in [4.78, 5) is 12.5. The monoisotopic (exact) mass is 326 g/mol. The molecule has 0 saturated heterocycles. The van der Waals surface area contributed by atoms with Gasteiger partial charge in [0.25, 0.3) is 0 Å². The summed E-state index contributed by atoms with van der Waals surface area (Å²) in [7, 11) is 0. The summed E-state index contributed by atoms with van der Waals surface area (Å²) in [6.45, 7) is 0.489. The number of hydrogen-bond donors (Lipinski definition) is 1. The van der Waals surface area contributed by atoms with Gasteiger partial charge in [-0.3, -0.25) is 4.79 Å². The average molecular weight is 326 g/mol. The van der Waals surface area contributed by atoms with E-state index in [1.54, 1.807) is 0 Å². The molecule has 4 heteroatoms. The van der Waals surface area contributed by atoms with Gasteiger partial charge in [-0.1, -0.05) is 67.1 Å². The Hall–Kier alpha value is -2.17. The molecule has 1 aliphatic rings. The SMILES string of the molecule is O=C(OCc1ccccc1)C1(C(O)OCc2ccccc2)CCC1. The van der Waals surface area contributed by atoms with Crippen LogP contribution in [0.3, 0.4) is 0 Å². The third kappa shape index (κ3) is 3.66. The molecule has 0 spiro atoms. The van der Waals surface area contributed by atoms with Gasteiger partial charge in [0.15, 0.2) is 6.29 Å². The molecular formula is C20H22O4. The number of aliphatic hydroxyl groups excluding tert-OH is 1. The van der Waals surface area contributed by atoms with E-state index in [1.807, 2.05) is 60.7 Å². The van der Waals surface area contributed by atoms with Crippen LogP contribution in [-0.4, -0.2) is 17.4 Å². The van der Waals surface area contributed by atoms with Gasteiger partial charge in [0.05, 0.1) is 6.61 Å². The van der Waals surface area contributed by atoms with Crippen LogP contribution in [0.15, 0.2) is 60.7 Å². The Morgan fingerprint density at radius 2 is 1.50 bits per heavy atom. The number of benzene rings is 2. The van der Waals surface area contributed by atoms with E-state index in [0.717, 1.165) is 17.5 Å². The van der Waals surface area contributed by atoms with Crippen molar-refractivity contribution in [2.75, 3.05) is 0 Å². The first kappa shape index (κ1) is 16.7. The van der Waals surface area contributed by atoms with E-state index in [2.05, 4.69) is 0 Å². The van der Waals surface area contributed by atoms with E-state index in [0.29, 0.717) is 12.8 Å². The van der Waals surface area contributed by atoms with Crippen LogP contribution in [0, 0.1) is 5.41 Å². The highest BCUT2D eigenvalue weighted by molar-refractivity contribution is 5.78. The predicted molar refractivity (Wildman–Crippen MR) is 89.8 cm³/mol. The molecular weight excluding hydrogens is 304 g/mol. The topological polar surface area (TPSA) is 55.8 Å². The minimum Gasteiger partial charge on any atom is -0.460 e. The van der Waals surface area contributed by atoms with Gasteiger partial charge in [0.1, 0.15) is 12.0 Å². The molecule has 0 bridgehead atoms. The lowest BCUT2D eigenvalue weighted by Gasteiger charge is -2.42. The molecule has 1 atom stereocenters. The molecule has 1 N–H and O–H groups in total. The van der Waals surface area contributed by atoms with Gasteiger partial charge in [-0.2, -0.15) is 0 Å². The quantitative estimate of drug-likeness (QED) is 0.625. The van der Waals surface area contributed by atoms with Crippen LogP contribution in [0.1, 0.15) is 30.4 Å². The van der Waals surface area contributed by atoms with Crippen molar-refractivity contribution in [2.45, 2.75) is 38.8 Å². The lowest BCUT2D eigenvalue weighted by molar-refractivity contribution is -0.224. The fourth-order valence-electron chi connectivity index (χ4n) is 2.89. The number of carbonyl (C=O) groups is 1. The van der Waals surface area contributed by atoms with Crippen molar-refractivity contribution in [3.05, 3.63) is 71.8 Å². The zero-order valence-electron chi connectivity index (χ0n) is 13.6. The maximum absolute atomic E-state index is 12.5. The smallest absolute Gasteiger partial charge is 0.317 e.